The van der Waals surface area contributed by atoms with Crippen molar-refractivity contribution >= 4 is 34.1 Å². The van der Waals surface area contributed by atoms with Crippen LogP contribution in [0.3, 0.4) is 0 Å². The van der Waals surface area contributed by atoms with Crippen molar-refractivity contribution in [3.8, 4) is 34.1 Å². The molecule has 0 radical (unpaired) electrons. The van der Waals surface area contributed by atoms with Gasteiger partial charge in [0.25, 0.3) is 0 Å². The van der Waals surface area contributed by atoms with E-state index < -0.39 is 10.8 Å². The number of anilines is 6. The largest absolute Gasteiger partial charge is 0.457 e. The first kappa shape index (κ1) is 36.8. The molecule has 2 spiro atoms. The van der Waals surface area contributed by atoms with Crippen molar-refractivity contribution in [1.29, 1.82) is 0 Å². The third kappa shape index (κ3) is 4.87. The lowest BCUT2D eigenvalue weighted by molar-refractivity contribution is 0.433. The summed E-state index contributed by atoms with van der Waals surface area (Å²) in [7, 11) is 0. The van der Waals surface area contributed by atoms with Crippen molar-refractivity contribution in [3.63, 3.8) is 0 Å². The lowest BCUT2D eigenvalue weighted by Gasteiger charge is -2.49. The average molecular weight is 845 g/mol. The Morgan fingerprint density at radius 3 is 0.894 bits per heavy atom. The van der Waals surface area contributed by atoms with Gasteiger partial charge in [-0.2, -0.15) is 0 Å². The van der Waals surface area contributed by atoms with Gasteiger partial charge in [-0.3, -0.25) is 0 Å². The van der Waals surface area contributed by atoms with E-state index in [1.54, 1.807) is 0 Å². The van der Waals surface area contributed by atoms with Crippen LogP contribution in [0.4, 0.5) is 34.1 Å². The molecule has 4 heterocycles. The van der Waals surface area contributed by atoms with Crippen LogP contribution in [-0.2, 0) is 10.8 Å². The molecule has 0 saturated carbocycles. The van der Waals surface area contributed by atoms with E-state index in [0.29, 0.717) is 0 Å². The Labute approximate surface area is 383 Å². The van der Waals surface area contributed by atoms with E-state index in [1.807, 2.05) is 0 Å². The minimum Gasteiger partial charge on any atom is -0.457 e. The summed E-state index contributed by atoms with van der Waals surface area (Å²) in [6, 6.07) is 88.0. The maximum absolute atomic E-state index is 6.79. The summed E-state index contributed by atoms with van der Waals surface area (Å²) in [5.74, 6) is 3.45. The molecule has 0 aliphatic carbocycles. The molecule has 0 fully saturated rings. The lowest BCUT2D eigenvalue weighted by atomic mass is 9.60. The van der Waals surface area contributed by atoms with Gasteiger partial charge in [0.2, 0.25) is 0 Å². The molecule has 4 aliphatic rings. The quantitative estimate of drug-likeness (QED) is 0.177. The molecule has 4 aliphatic heterocycles. The lowest BCUT2D eigenvalue weighted by Crippen LogP contribution is -2.40. The summed E-state index contributed by atoms with van der Waals surface area (Å²) in [6.07, 6.45) is 0. The number of nitrogens with zero attached hydrogens (tertiary/aromatic N) is 2. The fourth-order valence-corrected chi connectivity index (χ4v) is 11.8. The number of rotatable bonds is 3. The van der Waals surface area contributed by atoms with Gasteiger partial charge in [0, 0.05) is 33.6 Å². The van der Waals surface area contributed by atoms with Gasteiger partial charge in [-0.05, 0) is 118 Å². The highest BCUT2D eigenvalue weighted by Crippen LogP contribution is 2.65. The zero-order valence-corrected chi connectivity index (χ0v) is 35.8. The maximum Gasteiger partial charge on any atom is 0.132 e. The van der Waals surface area contributed by atoms with E-state index in [4.69, 9.17) is 9.47 Å². The Morgan fingerprint density at radius 2 is 0.530 bits per heavy atom. The molecule has 0 unspecified atom stereocenters. The smallest absolute Gasteiger partial charge is 0.132 e. The van der Waals surface area contributed by atoms with Gasteiger partial charge in [-0.25, -0.2) is 0 Å². The average Bonchev–Trinajstić information content (AvgIpc) is 3.39. The minimum absolute atomic E-state index is 0.699. The summed E-state index contributed by atoms with van der Waals surface area (Å²) in [5.41, 5.74) is 16.9. The summed E-state index contributed by atoms with van der Waals surface area (Å²) in [6.45, 7) is 0. The van der Waals surface area contributed by atoms with E-state index in [2.05, 4.69) is 252 Å². The van der Waals surface area contributed by atoms with Crippen molar-refractivity contribution < 1.29 is 9.47 Å². The third-order valence-electron chi connectivity index (χ3n) is 14.3. The van der Waals surface area contributed by atoms with E-state index in [-0.39, 0.29) is 0 Å². The van der Waals surface area contributed by atoms with Gasteiger partial charge in [0.1, 0.15) is 23.0 Å². The molecule has 0 saturated heterocycles. The van der Waals surface area contributed by atoms with Crippen molar-refractivity contribution in [2.45, 2.75) is 10.8 Å². The standard InChI is InChI=1S/C62H40N2O2/c1-3-19-43(20-4-1)63-53-29-13-7-23-45(53)61(47-25-9-15-31-57(47)65-58-32-16-10-26-48(58)61)51-39-41(35-37-55(51)63)42-36-38-56-52(40-42)62(46-24-8-14-30-54(46)64(56)44-21-5-2-6-22-44)49-27-11-17-33-59(49)66-60-34-18-12-28-50(60)62/h1-40H. The second kappa shape index (κ2) is 13.9. The van der Waals surface area contributed by atoms with Crippen LogP contribution < -0.4 is 19.3 Å². The van der Waals surface area contributed by atoms with Crippen LogP contribution in [0.5, 0.6) is 23.0 Å². The maximum atomic E-state index is 6.79. The minimum atomic E-state index is -0.699. The molecule has 4 nitrogen and oxygen atoms in total. The Bertz CT molecular complexity index is 3250. The number of hydrogen-bond donors (Lipinski definition) is 0. The van der Waals surface area contributed by atoms with Gasteiger partial charge >= 0.3 is 0 Å². The van der Waals surface area contributed by atoms with Crippen LogP contribution in [0.2, 0.25) is 0 Å². The Kier molecular flexibility index (Phi) is 7.79. The predicted molar refractivity (Wildman–Crippen MR) is 265 cm³/mol. The molecule has 10 aromatic carbocycles. The third-order valence-corrected chi connectivity index (χ3v) is 14.3. The van der Waals surface area contributed by atoms with Crippen LogP contribution in [0, 0.1) is 0 Å². The summed E-state index contributed by atoms with van der Waals surface area (Å²) < 4.78 is 13.6. The molecule has 0 bridgehead atoms. The van der Waals surface area contributed by atoms with Gasteiger partial charge in [0.15, 0.2) is 0 Å². The molecule has 0 atom stereocenters. The zero-order chi connectivity index (χ0) is 43.4. The van der Waals surface area contributed by atoms with Crippen molar-refractivity contribution in [2.24, 2.45) is 0 Å². The molecule has 310 valence electrons. The first-order valence-electron chi connectivity index (χ1n) is 22.7. The highest BCUT2D eigenvalue weighted by molar-refractivity contribution is 5.95. The highest BCUT2D eigenvalue weighted by atomic mass is 16.5. The van der Waals surface area contributed by atoms with E-state index in [1.165, 1.54) is 22.3 Å². The van der Waals surface area contributed by atoms with Crippen molar-refractivity contribution in [2.75, 3.05) is 9.80 Å². The molecular weight excluding hydrogens is 805 g/mol. The molecule has 0 amide bonds. The SMILES string of the molecule is c1ccc(N2c3ccccc3C3(c4ccccc4Oc4ccccc43)c3cc(-c4ccc5c(c4)C4(c6ccccc6Oc6ccccc64)c4ccccc4N5c4ccccc4)ccc32)cc1. The van der Waals surface area contributed by atoms with Crippen molar-refractivity contribution in [1.82, 2.24) is 0 Å². The Hall–Kier alpha value is -8.60. The second-order valence-corrected chi connectivity index (χ2v) is 17.5. The first-order chi connectivity index (χ1) is 32.7. The van der Waals surface area contributed by atoms with E-state index in [0.717, 1.165) is 90.5 Å². The fraction of sp³-hybridized carbons (Fsp3) is 0.0323. The molecule has 0 aromatic heterocycles. The topological polar surface area (TPSA) is 24.9 Å². The summed E-state index contributed by atoms with van der Waals surface area (Å²) >= 11 is 0. The number of para-hydroxylation sites is 8. The first-order valence-corrected chi connectivity index (χ1v) is 22.7. The Balaban J connectivity index is 1.09. The van der Waals surface area contributed by atoms with Crippen LogP contribution in [-0.4, -0.2) is 0 Å². The molecule has 66 heavy (non-hydrogen) atoms. The normalized spacial score (nSPS) is 14.8. The molecule has 4 heteroatoms. The molecular formula is C62H40N2O2. The van der Waals surface area contributed by atoms with Crippen molar-refractivity contribution in [3.05, 3.63) is 287 Å². The number of hydrogen-bond acceptors (Lipinski definition) is 4. The summed E-state index contributed by atoms with van der Waals surface area (Å²) in [4.78, 5) is 4.87. The number of benzene rings is 10. The summed E-state index contributed by atoms with van der Waals surface area (Å²) in [5, 5.41) is 0. The predicted octanol–water partition coefficient (Wildman–Crippen LogP) is 15.9. The van der Waals surface area contributed by atoms with Gasteiger partial charge < -0.3 is 19.3 Å². The monoisotopic (exact) mass is 844 g/mol. The second-order valence-electron chi connectivity index (χ2n) is 17.5. The van der Waals surface area contributed by atoms with Crippen LogP contribution in [0.15, 0.2) is 243 Å². The highest BCUT2D eigenvalue weighted by Gasteiger charge is 2.53. The molecule has 10 aromatic rings. The Morgan fingerprint density at radius 1 is 0.242 bits per heavy atom. The molecule has 14 rings (SSSR count). The van der Waals surface area contributed by atoms with E-state index in [9.17, 15) is 0 Å². The number of ether oxygens (including phenoxy) is 2. The van der Waals surface area contributed by atoms with Gasteiger partial charge in [-0.1, -0.05) is 158 Å². The van der Waals surface area contributed by atoms with Gasteiger partial charge in [0.05, 0.1) is 33.6 Å². The zero-order valence-electron chi connectivity index (χ0n) is 35.8. The van der Waals surface area contributed by atoms with Crippen LogP contribution in [0.25, 0.3) is 11.1 Å². The fourth-order valence-electron chi connectivity index (χ4n) is 11.8. The van der Waals surface area contributed by atoms with E-state index >= 15 is 0 Å². The van der Waals surface area contributed by atoms with Crippen LogP contribution in [0.1, 0.15) is 44.5 Å². The molecule has 0 N–H and O–H groups in total. The number of fused-ring (bicyclic) bond motifs is 16. The van der Waals surface area contributed by atoms with Gasteiger partial charge in [-0.15, -0.1) is 0 Å². The van der Waals surface area contributed by atoms with Crippen LogP contribution >= 0.6 is 0 Å².